The predicted molar refractivity (Wildman–Crippen MR) is 239 cm³/mol. The largest absolute Gasteiger partial charge is 0.489 e. The van der Waals surface area contributed by atoms with Crippen molar-refractivity contribution in [2.45, 2.75) is 191 Å². The normalized spacial score (nSPS) is 26.3. The summed E-state index contributed by atoms with van der Waals surface area (Å²) in [5.74, 6) is 2.49. The van der Waals surface area contributed by atoms with Gasteiger partial charge in [-0.15, -0.1) is 0 Å². The summed E-state index contributed by atoms with van der Waals surface area (Å²) in [7, 11) is -2.27. The number of benzene rings is 1. The minimum atomic E-state index is -2.27. The summed E-state index contributed by atoms with van der Waals surface area (Å²) >= 11 is 0. The monoisotopic (exact) mass is 749 g/mol. The van der Waals surface area contributed by atoms with E-state index in [9.17, 15) is 0 Å². The molecule has 298 valence electrons. The summed E-state index contributed by atoms with van der Waals surface area (Å²) in [6, 6.07) is 7.89. The topological polar surface area (TPSA) is 9.23 Å². The molecule has 0 amide bonds. The van der Waals surface area contributed by atoms with Crippen LogP contribution in [0.1, 0.15) is 171 Å². The Kier molecular flexibility index (Phi) is 12.1. The van der Waals surface area contributed by atoms with Crippen LogP contribution < -0.4 is 9.92 Å². The summed E-state index contributed by atoms with van der Waals surface area (Å²) < 4.78 is 7.07. The highest BCUT2D eigenvalue weighted by Crippen LogP contribution is 2.70. The van der Waals surface area contributed by atoms with E-state index in [4.69, 9.17) is 4.74 Å². The molecule has 2 heteroatoms. The summed E-state index contributed by atoms with van der Waals surface area (Å²) in [5, 5.41) is 1.68. The molecule has 0 bridgehead atoms. The average molecular weight is 749 g/mol. The van der Waals surface area contributed by atoms with E-state index in [1.54, 1.807) is 21.9 Å². The van der Waals surface area contributed by atoms with Crippen LogP contribution in [0.3, 0.4) is 0 Å². The second-order valence-corrected chi connectivity index (χ2v) is 26.2. The highest BCUT2D eigenvalue weighted by molar-refractivity contribution is 6.94. The lowest BCUT2D eigenvalue weighted by molar-refractivity contribution is 0.185. The van der Waals surface area contributed by atoms with Gasteiger partial charge in [-0.25, -0.2) is 0 Å². The summed E-state index contributed by atoms with van der Waals surface area (Å²) in [5.41, 5.74) is 15.4. The van der Waals surface area contributed by atoms with Gasteiger partial charge in [-0.3, -0.25) is 0 Å². The van der Waals surface area contributed by atoms with E-state index < -0.39 is 8.07 Å². The molecule has 5 aliphatic carbocycles. The molecule has 0 aromatic heterocycles. The molecule has 0 aliphatic heterocycles. The third-order valence-electron chi connectivity index (χ3n) is 15.4. The van der Waals surface area contributed by atoms with Gasteiger partial charge >= 0.3 is 0 Å². The molecular formula is C52H80OSi. The molecule has 54 heavy (non-hydrogen) atoms. The van der Waals surface area contributed by atoms with Crippen molar-refractivity contribution in [2.24, 2.45) is 33.5 Å². The third kappa shape index (κ3) is 7.42. The van der Waals surface area contributed by atoms with Crippen LogP contribution in [0, 0.1) is 33.5 Å². The van der Waals surface area contributed by atoms with Gasteiger partial charge in [0.1, 0.15) is 12.4 Å². The van der Waals surface area contributed by atoms with Crippen molar-refractivity contribution in [3.63, 3.8) is 0 Å². The van der Waals surface area contributed by atoms with Crippen LogP contribution in [0.25, 0.3) is 0 Å². The molecule has 1 fully saturated rings. The fraction of sp³-hybridized carbons (Fsp3) is 0.692. The maximum atomic E-state index is 7.07. The maximum absolute atomic E-state index is 7.07. The summed E-state index contributed by atoms with van der Waals surface area (Å²) in [6.07, 6.45) is 24.9. The predicted octanol–water partition coefficient (Wildman–Crippen LogP) is 15.0. The number of hydrogen-bond donors (Lipinski definition) is 0. The van der Waals surface area contributed by atoms with E-state index in [1.165, 1.54) is 107 Å². The van der Waals surface area contributed by atoms with E-state index in [1.807, 2.05) is 28.4 Å². The van der Waals surface area contributed by atoms with Gasteiger partial charge in [0.2, 0.25) is 0 Å². The zero-order chi connectivity index (χ0) is 39.3. The van der Waals surface area contributed by atoms with Crippen molar-refractivity contribution < 1.29 is 4.74 Å². The summed E-state index contributed by atoms with van der Waals surface area (Å²) in [4.78, 5) is 0. The van der Waals surface area contributed by atoms with Gasteiger partial charge in [-0.05, 0) is 131 Å². The van der Waals surface area contributed by atoms with Crippen molar-refractivity contribution in [1.29, 1.82) is 0 Å². The molecule has 0 radical (unpaired) electrons. The lowest BCUT2D eigenvalue weighted by Gasteiger charge is -2.54. The van der Waals surface area contributed by atoms with E-state index in [0.29, 0.717) is 34.8 Å². The lowest BCUT2D eigenvalue weighted by Crippen LogP contribution is -2.55. The van der Waals surface area contributed by atoms with Gasteiger partial charge in [-0.2, -0.15) is 0 Å². The first-order chi connectivity index (χ1) is 25.5. The van der Waals surface area contributed by atoms with Gasteiger partial charge in [0, 0.05) is 10.8 Å². The van der Waals surface area contributed by atoms with Crippen molar-refractivity contribution in [3.05, 3.63) is 81.5 Å². The minimum Gasteiger partial charge on any atom is -0.489 e. The molecule has 1 aromatic carbocycles. The van der Waals surface area contributed by atoms with Gasteiger partial charge in [0.05, 0.1) is 8.07 Å². The molecule has 6 rings (SSSR count). The SMILES string of the molecule is C=CCOc1c(CCCCC)cc(CCCCC)cc1[Si](CC)(CC)C1C2=C(CCC(C)(C)C2)C2=C3C(=C4CCC(C)(C)CC4C21)C(C)(C)C=CC3(C)C. The molecule has 3 unspecified atom stereocenters. The quantitative estimate of drug-likeness (QED) is 0.0986. The molecule has 1 saturated carbocycles. The maximum Gasteiger partial charge on any atom is 0.122 e. The number of fused-ring (bicyclic) bond motifs is 5. The molecular weight excluding hydrogens is 669 g/mol. The van der Waals surface area contributed by atoms with Gasteiger partial charge in [-0.1, -0.05) is 169 Å². The van der Waals surface area contributed by atoms with Crippen molar-refractivity contribution in [1.82, 2.24) is 0 Å². The van der Waals surface area contributed by atoms with Crippen molar-refractivity contribution in [3.8, 4) is 5.75 Å². The highest BCUT2D eigenvalue weighted by atomic mass is 28.3. The Morgan fingerprint density at radius 3 is 2.02 bits per heavy atom. The Hall–Kier alpha value is -2.06. The van der Waals surface area contributed by atoms with Crippen molar-refractivity contribution in [2.75, 3.05) is 6.61 Å². The van der Waals surface area contributed by atoms with E-state index in [-0.39, 0.29) is 10.8 Å². The molecule has 1 aromatic rings. The Morgan fingerprint density at radius 1 is 0.759 bits per heavy atom. The van der Waals surface area contributed by atoms with Crippen molar-refractivity contribution >= 4 is 13.3 Å². The van der Waals surface area contributed by atoms with Crippen LogP contribution in [-0.2, 0) is 12.8 Å². The number of unbranched alkanes of at least 4 members (excludes halogenated alkanes) is 4. The van der Waals surface area contributed by atoms with Crippen LogP contribution in [0.15, 0.2) is 70.4 Å². The van der Waals surface area contributed by atoms with Gasteiger partial charge in [0.15, 0.2) is 0 Å². The summed E-state index contributed by atoms with van der Waals surface area (Å²) in [6.45, 7) is 35.2. The number of hydrogen-bond acceptors (Lipinski definition) is 1. The molecule has 0 N–H and O–H groups in total. The molecule has 0 saturated heterocycles. The fourth-order valence-electron chi connectivity index (χ4n) is 12.5. The zero-order valence-electron chi connectivity index (χ0n) is 37.3. The van der Waals surface area contributed by atoms with E-state index in [0.717, 1.165) is 6.42 Å². The second kappa shape index (κ2) is 15.7. The van der Waals surface area contributed by atoms with Crippen LogP contribution in [0.4, 0.5) is 0 Å². The number of rotatable bonds is 15. The number of aryl methyl sites for hydroxylation is 2. The molecule has 0 heterocycles. The van der Waals surface area contributed by atoms with Gasteiger partial charge < -0.3 is 4.74 Å². The van der Waals surface area contributed by atoms with Crippen LogP contribution in [-0.4, -0.2) is 14.7 Å². The molecule has 3 atom stereocenters. The van der Waals surface area contributed by atoms with Crippen LogP contribution >= 0.6 is 0 Å². The Bertz CT molecular complexity index is 1700. The molecule has 1 nitrogen and oxygen atoms in total. The number of allylic oxidation sites excluding steroid dienone is 8. The Balaban J connectivity index is 1.69. The zero-order valence-corrected chi connectivity index (χ0v) is 38.3. The minimum absolute atomic E-state index is 0.0376. The van der Waals surface area contributed by atoms with Crippen LogP contribution in [0.5, 0.6) is 5.75 Å². The second-order valence-electron chi connectivity index (χ2n) is 21.3. The highest BCUT2D eigenvalue weighted by Gasteiger charge is 2.60. The van der Waals surface area contributed by atoms with Gasteiger partial charge in [0.25, 0.3) is 0 Å². The Labute approximate surface area is 334 Å². The first-order valence-corrected chi connectivity index (χ1v) is 25.3. The first kappa shape index (κ1) is 41.6. The third-order valence-corrected chi connectivity index (χ3v) is 21.2. The molecule has 0 spiro atoms. The van der Waals surface area contributed by atoms with E-state index in [2.05, 4.69) is 114 Å². The molecule has 5 aliphatic rings. The fourth-order valence-corrected chi connectivity index (χ4v) is 18.2. The lowest BCUT2D eigenvalue weighted by atomic mass is 9.52. The van der Waals surface area contributed by atoms with Crippen LogP contribution in [0.2, 0.25) is 17.6 Å². The number of ether oxygens (including phenoxy) is 1. The van der Waals surface area contributed by atoms with E-state index >= 15 is 0 Å². The average Bonchev–Trinajstić information content (AvgIpc) is 3.43. The standard InChI is InChI=1S/C52H80OSi/c1-14-19-21-23-36-32-37(24-22-20-15-2)47(53-31-16-3)42(33-36)54(17-4,18-5)48-41-35-50(8,9)27-25-38(41)43-44(48)40-34-49(6,7)28-26-39(40)45-46(43)52(12,13)30-29-51(45,10)11/h16,29-30,32-33,40,44,48H,3,14-15,17-28,31,34-35H2,1-2,4-13H3. The first-order valence-electron chi connectivity index (χ1n) is 22.8. The Morgan fingerprint density at radius 2 is 1.39 bits per heavy atom. The smallest absolute Gasteiger partial charge is 0.122 e.